The number of methoxy groups -OCH3 is 1. The van der Waals surface area contributed by atoms with E-state index in [0.717, 1.165) is 5.56 Å². The molecule has 23 heavy (non-hydrogen) atoms. The molecule has 0 bridgehead atoms. The van der Waals surface area contributed by atoms with Crippen molar-refractivity contribution in [1.29, 1.82) is 0 Å². The third-order valence-electron chi connectivity index (χ3n) is 4.08. The van der Waals surface area contributed by atoms with E-state index in [0.29, 0.717) is 26.2 Å². The molecule has 0 radical (unpaired) electrons. The van der Waals surface area contributed by atoms with Gasteiger partial charge in [-0.15, -0.1) is 0 Å². The molecule has 7 nitrogen and oxygen atoms in total. The fourth-order valence-electron chi connectivity index (χ4n) is 2.96. The molecule has 0 aromatic carbocycles. The Bertz CT molecular complexity index is 537. The number of pyridine rings is 1. The predicted molar refractivity (Wildman–Crippen MR) is 85.2 cm³/mol. The number of nitrogens with two attached hydrogens (primary N) is 1. The number of amides is 2. The zero-order valence-corrected chi connectivity index (χ0v) is 13.6. The highest BCUT2D eigenvalue weighted by Crippen LogP contribution is 2.22. The van der Waals surface area contributed by atoms with Gasteiger partial charge in [0.15, 0.2) is 0 Å². The van der Waals surface area contributed by atoms with E-state index in [1.165, 1.54) is 0 Å². The van der Waals surface area contributed by atoms with Crippen molar-refractivity contribution in [2.24, 2.45) is 11.7 Å². The standard InChI is InChI=1S/C16H24N4O3/c1-19(8-12-4-3-5-18-7-12)11-16(22)20-9-13(6-15(17)21)14(10-20)23-2/h3-5,7,13-14H,6,8-11H2,1-2H3,(H2,17,21)/t13-,14+/m1/s1. The van der Waals surface area contributed by atoms with Crippen LogP contribution in [0.1, 0.15) is 12.0 Å². The lowest BCUT2D eigenvalue weighted by atomic mass is 10.0. The van der Waals surface area contributed by atoms with Gasteiger partial charge in [0, 0.05) is 51.5 Å². The largest absolute Gasteiger partial charge is 0.379 e. The van der Waals surface area contributed by atoms with Crippen molar-refractivity contribution in [1.82, 2.24) is 14.8 Å². The third kappa shape index (κ3) is 5.01. The molecular formula is C16H24N4O3. The predicted octanol–water partition coefficient (Wildman–Crippen LogP) is -0.138. The zero-order chi connectivity index (χ0) is 16.8. The van der Waals surface area contributed by atoms with Crippen LogP contribution in [-0.4, -0.2) is 66.5 Å². The van der Waals surface area contributed by atoms with E-state index >= 15 is 0 Å². The molecular weight excluding hydrogens is 296 g/mol. The molecule has 1 saturated heterocycles. The van der Waals surface area contributed by atoms with Gasteiger partial charge in [0.05, 0.1) is 12.6 Å². The van der Waals surface area contributed by atoms with Crippen molar-refractivity contribution in [3.8, 4) is 0 Å². The van der Waals surface area contributed by atoms with E-state index in [2.05, 4.69) is 4.98 Å². The van der Waals surface area contributed by atoms with E-state index in [4.69, 9.17) is 10.5 Å². The number of hydrogen-bond acceptors (Lipinski definition) is 5. The summed E-state index contributed by atoms with van der Waals surface area (Å²) in [6.45, 7) is 2.00. The fourth-order valence-corrected chi connectivity index (χ4v) is 2.96. The maximum Gasteiger partial charge on any atom is 0.236 e. The van der Waals surface area contributed by atoms with Crippen LogP contribution in [0.3, 0.4) is 0 Å². The number of aromatic nitrogens is 1. The molecule has 2 heterocycles. The lowest BCUT2D eigenvalue weighted by Crippen LogP contribution is -2.38. The van der Waals surface area contributed by atoms with Crippen molar-refractivity contribution in [3.05, 3.63) is 30.1 Å². The van der Waals surface area contributed by atoms with Crippen LogP contribution in [0.5, 0.6) is 0 Å². The number of nitrogens with zero attached hydrogens (tertiary/aromatic N) is 3. The molecule has 0 saturated carbocycles. The molecule has 1 aliphatic rings. The molecule has 2 amide bonds. The van der Waals surface area contributed by atoms with Gasteiger partial charge < -0.3 is 15.4 Å². The Kier molecular flexibility index (Phi) is 6.06. The Morgan fingerprint density at radius 1 is 1.48 bits per heavy atom. The van der Waals surface area contributed by atoms with Gasteiger partial charge in [-0.2, -0.15) is 0 Å². The Morgan fingerprint density at radius 3 is 2.87 bits per heavy atom. The van der Waals surface area contributed by atoms with E-state index in [9.17, 15) is 9.59 Å². The van der Waals surface area contributed by atoms with Crippen LogP contribution in [-0.2, 0) is 20.9 Å². The maximum atomic E-state index is 12.4. The fraction of sp³-hybridized carbons (Fsp3) is 0.562. The molecule has 0 spiro atoms. The molecule has 1 aromatic heterocycles. The molecule has 2 rings (SSSR count). The summed E-state index contributed by atoms with van der Waals surface area (Å²) < 4.78 is 5.38. The average Bonchev–Trinajstić information content (AvgIpc) is 2.90. The Labute approximate surface area is 136 Å². The first-order valence-electron chi connectivity index (χ1n) is 7.66. The monoisotopic (exact) mass is 320 g/mol. The number of primary amides is 1. The second-order valence-corrected chi connectivity index (χ2v) is 6.04. The SMILES string of the molecule is CO[C@H]1CN(C(=O)CN(C)Cc2cccnc2)C[C@H]1CC(N)=O. The molecule has 1 aliphatic heterocycles. The van der Waals surface area contributed by atoms with Crippen molar-refractivity contribution in [2.45, 2.75) is 19.1 Å². The van der Waals surface area contributed by atoms with Gasteiger partial charge in [-0.3, -0.25) is 19.5 Å². The summed E-state index contributed by atoms with van der Waals surface area (Å²) in [6.07, 6.45) is 3.63. The van der Waals surface area contributed by atoms with Crippen LogP contribution in [0.4, 0.5) is 0 Å². The normalized spacial score (nSPS) is 20.9. The smallest absolute Gasteiger partial charge is 0.236 e. The Morgan fingerprint density at radius 2 is 2.26 bits per heavy atom. The molecule has 0 unspecified atom stereocenters. The molecule has 126 valence electrons. The number of hydrogen-bond donors (Lipinski definition) is 1. The van der Waals surface area contributed by atoms with Gasteiger partial charge in [0.1, 0.15) is 0 Å². The van der Waals surface area contributed by atoms with Crippen LogP contribution >= 0.6 is 0 Å². The van der Waals surface area contributed by atoms with Crippen LogP contribution in [0.15, 0.2) is 24.5 Å². The first kappa shape index (κ1) is 17.4. The van der Waals surface area contributed by atoms with Crippen molar-refractivity contribution >= 4 is 11.8 Å². The Balaban J connectivity index is 1.86. The molecule has 0 aliphatic carbocycles. The average molecular weight is 320 g/mol. The first-order valence-corrected chi connectivity index (χ1v) is 7.66. The first-order chi connectivity index (χ1) is 11.0. The molecule has 1 aromatic rings. The molecule has 2 N–H and O–H groups in total. The Hall–Kier alpha value is -1.99. The van der Waals surface area contributed by atoms with Gasteiger partial charge in [0.2, 0.25) is 11.8 Å². The minimum atomic E-state index is -0.361. The lowest BCUT2D eigenvalue weighted by molar-refractivity contribution is -0.131. The number of ether oxygens (including phenoxy) is 1. The second kappa shape index (κ2) is 8.03. The summed E-state index contributed by atoms with van der Waals surface area (Å²) in [5, 5.41) is 0. The topological polar surface area (TPSA) is 88.8 Å². The second-order valence-electron chi connectivity index (χ2n) is 6.04. The van der Waals surface area contributed by atoms with Gasteiger partial charge >= 0.3 is 0 Å². The highest BCUT2D eigenvalue weighted by Gasteiger charge is 2.36. The van der Waals surface area contributed by atoms with E-state index in [1.54, 1.807) is 24.4 Å². The van der Waals surface area contributed by atoms with Gasteiger partial charge in [0.25, 0.3) is 0 Å². The van der Waals surface area contributed by atoms with Crippen molar-refractivity contribution < 1.29 is 14.3 Å². The number of likely N-dealkylation sites (N-methyl/N-ethyl adjacent to an activating group) is 1. The van der Waals surface area contributed by atoms with Gasteiger partial charge in [-0.25, -0.2) is 0 Å². The van der Waals surface area contributed by atoms with Crippen molar-refractivity contribution in [2.75, 3.05) is 33.8 Å². The van der Waals surface area contributed by atoms with E-state index in [-0.39, 0.29) is 30.3 Å². The quantitative estimate of drug-likeness (QED) is 0.755. The van der Waals surface area contributed by atoms with E-state index in [1.807, 2.05) is 24.1 Å². The van der Waals surface area contributed by atoms with Crippen LogP contribution < -0.4 is 5.73 Å². The summed E-state index contributed by atoms with van der Waals surface area (Å²) in [6, 6.07) is 3.86. The summed E-state index contributed by atoms with van der Waals surface area (Å²) >= 11 is 0. The van der Waals surface area contributed by atoms with Crippen LogP contribution in [0, 0.1) is 5.92 Å². The van der Waals surface area contributed by atoms with Crippen molar-refractivity contribution in [3.63, 3.8) is 0 Å². The minimum absolute atomic E-state index is 0.0231. The highest BCUT2D eigenvalue weighted by atomic mass is 16.5. The molecule has 7 heteroatoms. The maximum absolute atomic E-state index is 12.4. The van der Waals surface area contributed by atoms with Gasteiger partial charge in [-0.1, -0.05) is 6.07 Å². The summed E-state index contributed by atoms with van der Waals surface area (Å²) in [5.74, 6) is -0.351. The third-order valence-corrected chi connectivity index (χ3v) is 4.08. The summed E-state index contributed by atoms with van der Waals surface area (Å²) in [7, 11) is 3.50. The summed E-state index contributed by atoms with van der Waals surface area (Å²) in [4.78, 5) is 31.3. The highest BCUT2D eigenvalue weighted by molar-refractivity contribution is 5.79. The van der Waals surface area contributed by atoms with E-state index < -0.39 is 0 Å². The number of rotatable bonds is 7. The lowest BCUT2D eigenvalue weighted by Gasteiger charge is -2.21. The number of carbonyl (C=O) groups excluding carboxylic acids is 2. The molecule has 2 atom stereocenters. The minimum Gasteiger partial charge on any atom is -0.379 e. The summed E-state index contributed by atoms with van der Waals surface area (Å²) in [5.41, 5.74) is 6.33. The van der Waals surface area contributed by atoms with Gasteiger partial charge in [-0.05, 0) is 18.7 Å². The number of carbonyl (C=O) groups is 2. The van der Waals surface area contributed by atoms with Crippen LogP contribution in [0.25, 0.3) is 0 Å². The number of likely N-dealkylation sites (tertiary alicyclic amines) is 1. The molecule has 1 fully saturated rings. The van der Waals surface area contributed by atoms with Crippen LogP contribution in [0.2, 0.25) is 0 Å². The zero-order valence-electron chi connectivity index (χ0n) is 13.6.